The SMILES string of the molecule is CCCCCCCCCCCCCCCC/C=C/C(O)C(CO)NC(=O)CCCCCCCCCCCCC/C=C\C/C=C\CCCCCCCCCCCOC(=O)CCCCCCCCCCCCCCCCCCCCC. The lowest BCUT2D eigenvalue weighted by atomic mass is 10.0. The van der Waals surface area contributed by atoms with E-state index in [9.17, 15) is 19.8 Å². The molecular formula is C73H139NO5. The second kappa shape index (κ2) is 68.6. The molecule has 0 aliphatic rings. The van der Waals surface area contributed by atoms with E-state index in [2.05, 4.69) is 43.5 Å². The van der Waals surface area contributed by atoms with Crippen molar-refractivity contribution in [2.45, 2.75) is 405 Å². The molecule has 0 radical (unpaired) electrons. The van der Waals surface area contributed by atoms with Crippen LogP contribution in [0.3, 0.4) is 0 Å². The van der Waals surface area contributed by atoms with E-state index in [1.165, 1.54) is 321 Å². The molecule has 0 aromatic rings. The molecular weight excluding hydrogens is 971 g/mol. The van der Waals surface area contributed by atoms with Crippen LogP contribution in [0.1, 0.15) is 393 Å². The van der Waals surface area contributed by atoms with Crippen molar-refractivity contribution >= 4 is 11.9 Å². The summed E-state index contributed by atoms with van der Waals surface area (Å²) in [5.41, 5.74) is 0. The third-order valence-electron chi connectivity index (χ3n) is 16.7. The molecule has 0 saturated carbocycles. The molecule has 2 atom stereocenters. The molecule has 0 aromatic carbocycles. The van der Waals surface area contributed by atoms with Crippen molar-refractivity contribution < 1.29 is 24.5 Å². The van der Waals surface area contributed by atoms with Gasteiger partial charge in [-0.2, -0.15) is 0 Å². The Morgan fingerprint density at radius 2 is 0.633 bits per heavy atom. The number of esters is 1. The van der Waals surface area contributed by atoms with Gasteiger partial charge in [-0.1, -0.05) is 352 Å². The number of carbonyl (C=O) groups is 2. The fourth-order valence-electron chi connectivity index (χ4n) is 11.2. The number of nitrogens with one attached hydrogen (secondary N) is 1. The van der Waals surface area contributed by atoms with Gasteiger partial charge in [0.05, 0.1) is 25.4 Å². The fraction of sp³-hybridized carbons (Fsp3) is 0.890. The number of ether oxygens (including phenoxy) is 1. The molecule has 79 heavy (non-hydrogen) atoms. The Morgan fingerprint density at radius 3 is 0.962 bits per heavy atom. The highest BCUT2D eigenvalue weighted by Crippen LogP contribution is 2.18. The summed E-state index contributed by atoms with van der Waals surface area (Å²) in [7, 11) is 0. The van der Waals surface area contributed by atoms with Crippen molar-refractivity contribution in [3.05, 3.63) is 36.5 Å². The van der Waals surface area contributed by atoms with Crippen molar-refractivity contribution in [1.82, 2.24) is 5.32 Å². The van der Waals surface area contributed by atoms with Crippen molar-refractivity contribution in [1.29, 1.82) is 0 Å². The lowest BCUT2D eigenvalue weighted by Gasteiger charge is -2.20. The van der Waals surface area contributed by atoms with E-state index in [1.807, 2.05) is 6.08 Å². The van der Waals surface area contributed by atoms with Crippen LogP contribution in [0.4, 0.5) is 0 Å². The predicted molar refractivity (Wildman–Crippen MR) is 347 cm³/mol. The standard InChI is InChI=1S/C73H139NO5/c1-3-5-7-9-11-13-15-17-19-21-31-35-39-43-47-51-55-59-63-67-73(78)79-68-64-60-56-52-48-44-40-36-33-30-28-26-24-22-23-25-27-29-32-34-38-42-46-50-54-58-62-66-72(77)74-70(69-75)71(76)65-61-57-53-49-45-41-37-20-18-16-14-12-10-8-6-4-2/h22-23,26,28,61,65,70-71,75-76H,3-21,24-25,27,29-60,62-64,66-69H2,1-2H3,(H,74,77)/b23-22-,28-26-,65-61+. The van der Waals surface area contributed by atoms with Crippen molar-refractivity contribution in [2.24, 2.45) is 0 Å². The Balaban J connectivity index is 3.41. The van der Waals surface area contributed by atoms with Crippen LogP contribution in [-0.2, 0) is 14.3 Å². The highest BCUT2D eigenvalue weighted by molar-refractivity contribution is 5.76. The van der Waals surface area contributed by atoms with Crippen LogP contribution in [0.15, 0.2) is 36.5 Å². The molecule has 3 N–H and O–H groups in total. The summed E-state index contributed by atoms with van der Waals surface area (Å²) in [6.07, 6.45) is 88.0. The molecule has 0 rings (SSSR count). The number of aliphatic hydroxyl groups excluding tert-OH is 2. The van der Waals surface area contributed by atoms with Crippen LogP contribution >= 0.6 is 0 Å². The minimum atomic E-state index is -0.847. The van der Waals surface area contributed by atoms with Gasteiger partial charge < -0.3 is 20.3 Å². The van der Waals surface area contributed by atoms with Gasteiger partial charge in [-0.3, -0.25) is 9.59 Å². The summed E-state index contributed by atoms with van der Waals surface area (Å²) in [6, 6.07) is -0.631. The molecule has 0 bridgehead atoms. The molecule has 6 nitrogen and oxygen atoms in total. The number of allylic oxidation sites excluding steroid dienone is 5. The van der Waals surface area contributed by atoms with E-state index in [0.717, 1.165) is 44.9 Å². The first-order chi connectivity index (χ1) is 39.0. The van der Waals surface area contributed by atoms with Crippen molar-refractivity contribution in [3.8, 4) is 0 Å². The van der Waals surface area contributed by atoms with Crippen LogP contribution < -0.4 is 5.32 Å². The van der Waals surface area contributed by atoms with Gasteiger partial charge in [0.2, 0.25) is 5.91 Å². The molecule has 0 aliphatic carbocycles. The maximum absolute atomic E-state index is 12.5. The Morgan fingerprint density at radius 1 is 0.354 bits per heavy atom. The first kappa shape index (κ1) is 77.1. The van der Waals surface area contributed by atoms with Gasteiger partial charge in [0.25, 0.3) is 0 Å². The molecule has 0 heterocycles. The Labute approximate surface area is 494 Å². The van der Waals surface area contributed by atoms with Crippen LogP contribution in [0, 0.1) is 0 Å². The molecule has 0 aromatic heterocycles. The second-order valence-electron chi connectivity index (χ2n) is 24.6. The van der Waals surface area contributed by atoms with Crippen molar-refractivity contribution in [2.75, 3.05) is 13.2 Å². The molecule has 0 fully saturated rings. The monoisotopic (exact) mass is 1110 g/mol. The van der Waals surface area contributed by atoms with Crippen LogP contribution in [0.2, 0.25) is 0 Å². The Bertz CT molecular complexity index is 1280. The zero-order chi connectivity index (χ0) is 57.1. The summed E-state index contributed by atoms with van der Waals surface area (Å²) in [5.74, 6) is -0.0533. The topological polar surface area (TPSA) is 95.9 Å². The highest BCUT2D eigenvalue weighted by Gasteiger charge is 2.18. The number of amides is 1. The number of rotatable bonds is 67. The fourth-order valence-corrected chi connectivity index (χ4v) is 11.2. The average molecular weight is 1110 g/mol. The van der Waals surface area contributed by atoms with Crippen LogP contribution in [0.5, 0.6) is 0 Å². The van der Waals surface area contributed by atoms with E-state index < -0.39 is 12.1 Å². The first-order valence-electron chi connectivity index (χ1n) is 35.8. The molecule has 0 aliphatic heterocycles. The lowest BCUT2D eigenvalue weighted by molar-refractivity contribution is -0.143. The number of carbonyl (C=O) groups excluding carboxylic acids is 2. The minimum Gasteiger partial charge on any atom is -0.466 e. The normalized spacial score (nSPS) is 12.7. The van der Waals surface area contributed by atoms with Gasteiger partial charge in [-0.15, -0.1) is 0 Å². The molecule has 2 unspecified atom stereocenters. The van der Waals surface area contributed by atoms with E-state index in [1.54, 1.807) is 6.08 Å². The number of aliphatic hydroxyl groups is 2. The maximum Gasteiger partial charge on any atom is 0.305 e. The zero-order valence-corrected chi connectivity index (χ0v) is 53.4. The van der Waals surface area contributed by atoms with Gasteiger partial charge >= 0.3 is 5.97 Å². The Hall–Kier alpha value is -1.92. The van der Waals surface area contributed by atoms with Gasteiger partial charge in [0, 0.05) is 12.8 Å². The number of hydrogen-bond acceptors (Lipinski definition) is 5. The minimum absolute atomic E-state index is 0.0155. The molecule has 0 spiro atoms. The smallest absolute Gasteiger partial charge is 0.305 e. The zero-order valence-electron chi connectivity index (χ0n) is 53.4. The van der Waals surface area contributed by atoms with Gasteiger partial charge in [-0.25, -0.2) is 0 Å². The van der Waals surface area contributed by atoms with Gasteiger partial charge in [0.1, 0.15) is 0 Å². The predicted octanol–water partition coefficient (Wildman–Crippen LogP) is 23.1. The molecule has 466 valence electrons. The van der Waals surface area contributed by atoms with Crippen LogP contribution in [0.25, 0.3) is 0 Å². The molecule has 6 heteroatoms. The van der Waals surface area contributed by atoms with Crippen LogP contribution in [-0.4, -0.2) is 47.4 Å². The summed E-state index contributed by atoms with van der Waals surface area (Å²) in [5, 5.41) is 23.2. The summed E-state index contributed by atoms with van der Waals surface area (Å²) in [6.45, 7) is 4.94. The first-order valence-corrected chi connectivity index (χ1v) is 35.8. The average Bonchev–Trinajstić information content (AvgIpc) is 3.45. The number of unbranched alkanes of at least 4 members (excludes halogenated alkanes) is 52. The lowest BCUT2D eigenvalue weighted by Crippen LogP contribution is -2.45. The summed E-state index contributed by atoms with van der Waals surface area (Å²) >= 11 is 0. The largest absolute Gasteiger partial charge is 0.466 e. The molecule has 1 amide bonds. The summed E-state index contributed by atoms with van der Waals surface area (Å²) in [4.78, 5) is 24.6. The van der Waals surface area contributed by atoms with E-state index >= 15 is 0 Å². The quantitative estimate of drug-likeness (QED) is 0.0320. The molecule has 0 saturated heterocycles. The third-order valence-corrected chi connectivity index (χ3v) is 16.7. The number of hydrogen-bond donors (Lipinski definition) is 3. The van der Waals surface area contributed by atoms with E-state index in [0.29, 0.717) is 19.4 Å². The highest BCUT2D eigenvalue weighted by atomic mass is 16.5. The van der Waals surface area contributed by atoms with E-state index in [-0.39, 0.29) is 18.5 Å². The van der Waals surface area contributed by atoms with Gasteiger partial charge in [-0.05, 0) is 64.2 Å². The van der Waals surface area contributed by atoms with Gasteiger partial charge in [0.15, 0.2) is 0 Å². The Kier molecular flexibility index (Phi) is 66.9. The van der Waals surface area contributed by atoms with Crippen molar-refractivity contribution in [3.63, 3.8) is 0 Å². The second-order valence-corrected chi connectivity index (χ2v) is 24.6. The summed E-state index contributed by atoms with van der Waals surface area (Å²) < 4.78 is 5.51. The third kappa shape index (κ3) is 65.1. The van der Waals surface area contributed by atoms with E-state index in [4.69, 9.17) is 4.74 Å². The maximum atomic E-state index is 12.5.